The summed E-state index contributed by atoms with van der Waals surface area (Å²) in [7, 11) is 0. The number of nitrogens with zero attached hydrogens (tertiary/aromatic N) is 2. The Bertz CT molecular complexity index is 304. The number of hydrogen-bond acceptors (Lipinski definition) is 2. The number of hydrogen-bond donors (Lipinski definition) is 1. The van der Waals surface area contributed by atoms with E-state index in [1.54, 1.807) is 6.33 Å². The van der Waals surface area contributed by atoms with Crippen LogP contribution in [0.25, 0.3) is 0 Å². The second kappa shape index (κ2) is 4.07. The Hall–Kier alpha value is -1.32. The fraction of sp³-hybridized carbons (Fsp3) is 0.556. The quantitative estimate of drug-likeness (QED) is 0.743. The predicted molar refractivity (Wildman–Crippen MR) is 50.4 cm³/mol. The number of aromatic nitrogens is 2. The third kappa shape index (κ3) is 2.31. The van der Waals surface area contributed by atoms with E-state index in [1.165, 1.54) is 0 Å². The van der Waals surface area contributed by atoms with E-state index in [9.17, 15) is 4.79 Å². The molecule has 0 saturated carbocycles. The smallest absolute Gasteiger partial charge is 0.239 e. The molecule has 0 radical (unpaired) electrons. The molecule has 0 saturated heterocycles. The maximum Gasteiger partial charge on any atom is 0.239 e. The Morgan fingerprint density at radius 3 is 2.77 bits per heavy atom. The first kappa shape index (κ1) is 9.77. The molecule has 1 aromatic heterocycles. The van der Waals surface area contributed by atoms with E-state index in [1.807, 2.05) is 25.3 Å². The molecular weight excluding hydrogens is 166 g/mol. The zero-order valence-corrected chi connectivity index (χ0v) is 8.29. The molecule has 0 aliphatic rings. The second-order valence-electron chi connectivity index (χ2n) is 3.00. The van der Waals surface area contributed by atoms with Gasteiger partial charge in [-0.2, -0.15) is 0 Å². The molecule has 1 aromatic rings. The van der Waals surface area contributed by atoms with Gasteiger partial charge in [-0.3, -0.25) is 4.79 Å². The summed E-state index contributed by atoms with van der Waals surface area (Å²) in [6.07, 6.45) is 1.69. The number of likely N-dealkylation sites (N-methyl/N-ethyl adjacent to an activating group) is 1. The summed E-state index contributed by atoms with van der Waals surface area (Å²) in [4.78, 5) is 15.3. The lowest BCUT2D eigenvalue weighted by atomic mass is 10.4. The number of rotatable bonds is 3. The van der Waals surface area contributed by atoms with E-state index in [0.717, 1.165) is 11.4 Å². The fourth-order valence-corrected chi connectivity index (χ4v) is 1.11. The van der Waals surface area contributed by atoms with Gasteiger partial charge in [0.1, 0.15) is 6.54 Å². The van der Waals surface area contributed by atoms with Crippen LogP contribution in [-0.4, -0.2) is 22.0 Å². The first-order valence-corrected chi connectivity index (χ1v) is 4.40. The number of imidazole rings is 1. The highest BCUT2D eigenvalue weighted by molar-refractivity contribution is 5.75. The average molecular weight is 181 g/mol. The standard InChI is InChI=1S/C9H15N3O/c1-4-10-9(13)5-12-6-11-7(2)8(12)3/h6H,4-5H2,1-3H3,(H,10,13). The Morgan fingerprint density at radius 1 is 1.62 bits per heavy atom. The fourth-order valence-electron chi connectivity index (χ4n) is 1.11. The molecule has 0 aromatic carbocycles. The van der Waals surface area contributed by atoms with Crippen molar-refractivity contribution in [3.63, 3.8) is 0 Å². The third-order valence-corrected chi connectivity index (χ3v) is 2.03. The van der Waals surface area contributed by atoms with Crippen LogP contribution in [-0.2, 0) is 11.3 Å². The Morgan fingerprint density at radius 2 is 2.31 bits per heavy atom. The molecule has 72 valence electrons. The summed E-state index contributed by atoms with van der Waals surface area (Å²) >= 11 is 0. The lowest BCUT2D eigenvalue weighted by molar-refractivity contribution is -0.121. The van der Waals surface area contributed by atoms with Gasteiger partial charge in [-0.1, -0.05) is 0 Å². The van der Waals surface area contributed by atoms with Crippen LogP contribution in [0.15, 0.2) is 6.33 Å². The van der Waals surface area contributed by atoms with Gasteiger partial charge in [0.15, 0.2) is 0 Å². The summed E-state index contributed by atoms with van der Waals surface area (Å²) in [5.41, 5.74) is 2.02. The molecule has 4 heteroatoms. The molecule has 1 N–H and O–H groups in total. The van der Waals surface area contributed by atoms with Crippen molar-refractivity contribution in [2.24, 2.45) is 0 Å². The summed E-state index contributed by atoms with van der Waals surface area (Å²) in [5.74, 6) is 0.0306. The molecule has 4 nitrogen and oxygen atoms in total. The SMILES string of the molecule is CCNC(=O)Cn1cnc(C)c1C. The van der Waals surface area contributed by atoms with Gasteiger partial charge >= 0.3 is 0 Å². The van der Waals surface area contributed by atoms with Gasteiger partial charge in [-0.25, -0.2) is 4.98 Å². The summed E-state index contributed by atoms with van der Waals surface area (Å²) < 4.78 is 1.85. The molecule has 0 atom stereocenters. The number of carbonyl (C=O) groups is 1. The van der Waals surface area contributed by atoms with Gasteiger partial charge in [0.05, 0.1) is 12.0 Å². The van der Waals surface area contributed by atoms with Crippen LogP contribution in [0, 0.1) is 13.8 Å². The van der Waals surface area contributed by atoms with Gasteiger partial charge in [-0.15, -0.1) is 0 Å². The normalized spacial score (nSPS) is 10.1. The highest BCUT2D eigenvalue weighted by atomic mass is 16.1. The molecule has 13 heavy (non-hydrogen) atoms. The average Bonchev–Trinajstić information content (AvgIpc) is 2.37. The summed E-state index contributed by atoms with van der Waals surface area (Å²) in [5, 5.41) is 2.74. The van der Waals surface area contributed by atoms with Gasteiger partial charge < -0.3 is 9.88 Å². The molecule has 0 aliphatic heterocycles. The Kier molecular flexibility index (Phi) is 3.06. The minimum absolute atomic E-state index is 0.0306. The number of amides is 1. The number of aryl methyl sites for hydroxylation is 1. The van der Waals surface area contributed by atoms with Gasteiger partial charge in [0.25, 0.3) is 0 Å². The first-order chi connectivity index (χ1) is 6.15. The highest BCUT2D eigenvalue weighted by Gasteiger charge is 2.05. The topological polar surface area (TPSA) is 46.9 Å². The number of nitrogens with one attached hydrogen (secondary N) is 1. The minimum Gasteiger partial charge on any atom is -0.355 e. The third-order valence-electron chi connectivity index (χ3n) is 2.03. The van der Waals surface area contributed by atoms with Crippen LogP contribution < -0.4 is 5.32 Å². The first-order valence-electron chi connectivity index (χ1n) is 4.40. The lowest BCUT2D eigenvalue weighted by Gasteiger charge is -2.04. The molecule has 1 rings (SSSR count). The van der Waals surface area contributed by atoms with Crippen molar-refractivity contribution < 1.29 is 4.79 Å². The van der Waals surface area contributed by atoms with E-state index in [-0.39, 0.29) is 5.91 Å². The van der Waals surface area contributed by atoms with Gasteiger partial charge in [0, 0.05) is 12.2 Å². The van der Waals surface area contributed by atoms with Crippen LogP contribution in [0.5, 0.6) is 0 Å². The Labute approximate surface area is 78.0 Å². The van der Waals surface area contributed by atoms with Crippen molar-refractivity contribution >= 4 is 5.91 Å². The molecule has 1 amide bonds. The maximum atomic E-state index is 11.2. The van der Waals surface area contributed by atoms with Crippen molar-refractivity contribution in [2.75, 3.05) is 6.54 Å². The van der Waals surface area contributed by atoms with Crippen LogP contribution in [0.2, 0.25) is 0 Å². The Balaban J connectivity index is 2.64. The molecular formula is C9H15N3O. The second-order valence-corrected chi connectivity index (χ2v) is 3.00. The zero-order chi connectivity index (χ0) is 9.84. The largest absolute Gasteiger partial charge is 0.355 e. The van der Waals surface area contributed by atoms with Crippen LogP contribution in [0.1, 0.15) is 18.3 Å². The molecule has 0 fully saturated rings. The van der Waals surface area contributed by atoms with E-state index in [4.69, 9.17) is 0 Å². The zero-order valence-electron chi connectivity index (χ0n) is 8.29. The van der Waals surface area contributed by atoms with E-state index in [2.05, 4.69) is 10.3 Å². The lowest BCUT2D eigenvalue weighted by Crippen LogP contribution is -2.27. The molecule has 0 bridgehead atoms. The predicted octanol–water partition coefficient (Wildman–Crippen LogP) is 0.636. The van der Waals surface area contributed by atoms with Crippen molar-refractivity contribution in [3.05, 3.63) is 17.7 Å². The molecule has 0 aliphatic carbocycles. The summed E-state index contributed by atoms with van der Waals surface area (Å²) in [6, 6.07) is 0. The van der Waals surface area contributed by atoms with Crippen molar-refractivity contribution in [2.45, 2.75) is 27.3 Å². The molecule has 0 unspecified atom stereocenters. The van der Waals surface area contributed by atoms with Crippen LogP contribution in [0.3, 0.4) is 0 Å². The maximum absolute atomic E-state index is 11.2. The van der Waals surface area contributed by atoms with Crippen molar-refractivity contribution in [1.29, 1.82) is 0 Å². The monoisotopic (exact) mass is 181 g/mol. The number of carbonyl (C=O) groups excluding carboxylic acids is 1. The van der Waals surface area contributed by atoms with E-state index < -0.39 is 0 Å². The van der Waals surface area contributed by atoms with Crippen LogP contribution >= 0.6 is 0 Å². The van der Waals surface area contributed by atoms with E-state index >= 15 is 0 Å². The minimum atomic E-state index is 0.0306. The van der Waals surface area contributed by atoms with Crippen molar-refractivity contribution in [3.8, 4) is 0 Å². The van der Waals surface area contributed by atoms with Crippen LogP contribution in [0.4, 0.5) is 0 Å². The van der Waals surface area contributed by atoms with Gasteiger partial charge in [0.2, 0.25) is 5.91 Å². The van der Waals surface area contributed by atoms with E-state index in [0.29, 0.717) is 13.1 Å². The molecule has 1 heterocycles. The van der Waals surface area contributed by atoms with Crippen molar-refractivity contribution in [1.82, 2.24) is 14.9 Å². The molecule has 0 spiro atoms. The summed E-state index contributed by atoms with van der Waals surface area (Å²) in [6.45, 7) is 6.83. The van der Waals surface area contributed by atoms with Gasteiger partial charge in [-0.05, 0) is 20.8 Å². The highest BCUT2D eigenvalue weighted by Crippen LogP contribution is 2.03.